The van der Waals surface area contributed by atoms with E-state index in [1.807, 2.05) is 0 Å². The number of aliphatic hydroxyl groups is 1. The molecule has 1 atom stereocenters. The van der Waals surface area contributed by atoms with Gasteiger partial charge in [0.2, 0.25) is 5.91 Å². The van der Waals surface area contributed by atoms with Crippen LogP contribution in [0.3, 0.4) is 0 Å². The average molecular weight is 201 g/mol. The van der Waals surface area contributed by atoms with E-state index in [2.05, 4.69) is 12.2 Å². The molecule has 1 saturated heterocycles. The first kappa shape index (κ1) is 11.5. The third-order valence-corrected chi connectivity index (χ3v) is 2.40. The largest absolute Gasteiger partial charge is 0.393 e. The fourth-order valence-electron chi connectivity index (χ4n) is 1.29. The maximum absolute atomic E-state index is 11.3. The van der Waals surface area contributed by atoms with Crippen LogP contribution in [0.1, 0.15) is 26.7 Å². The van der Waals surface area contributed by atoms with Gasteiger partial charge in [-0.05, 0) is 13.3 Å². The number of hydrogen-bond donors (Lipinski definition) is 2. The molecular weight excluding hydrogens is 182 g/mol. The van der Waals surface area contributed by atoms with Crippen LogP contribution < -0.4 is 5.32 Å². The van der Waals surface area contributed by atoms with Crippen LogP contribution in [0.5, 0.6) is 0 Å². The van der Waals surface area contributed by atoms with Crippen molar-refractivity contribution in [2.24, 2.45) is 5.41 Å². The summed E-state index contributed by atoms with van der Waals surface area (Å²) in [5.41, 5.74) is 0.125. The van der Waals surface area contributed by atoms with E-state index in [0.29, 0.717) is 19.4 Å². The first-order chi connectivity index (χ1) is 6.52. The Kier molecular flexibility index (Phi) is 3.89. The van der Waals surface area contributed by atoms with Crippen molar-refractivity contribution in [3.05, 3.63) is 0 Å². The Hall–Kier alpha value is -0.610. The van der Waals surface area contributed by atoms with E-state index in [-0.39, 0.29) is 11.3 Å². The molecule has 0 bridgehead atoms. The molecule has 0 aliphatic carbocycles. The average Bonchev–Trinajstić information content (AvgIpc) is 2.08. The molecule has 1 amide bonds. The van der Waals surface area contributed by atoms with Crippen LogP contribution in [-0.2, 0) is 9.53 Å². The highest BCUT2D eigenvalue weighted by Gasteiger charge is 2.33. The number of hydrogen-bond acceptors (Lipinski definition) is 3. The monoisotopic (exact) mass is 201 g/mol. The molecule has 1 unspecified atom stereocenters. The fourth-order valence-corrected chi connectivity index (χ4v) is 1.29. The summed E-state index contributed by atoms with van der Waals surface area (Å²) in [6, 6.07) is 0. The first-order valence-electron chi connectivity index (χ1n) is 5.04. The lowest BCUT2D eigenvalue weighted by Crippen LogP contribution is -2.48. The Labute approximate surface area is 84.6 Å². The Balaban J connectivity index is 2.08. The molecule has 2 N–H and O–H groups in total. The smallest absolute Gasteiger partial charge is 0.220 e. The summed E-state index contributed by atoms with van der Waals surface area (Å²) in [6.45, 7) is 5.90. The number of ether oxygens (including phenoxy) is 1. The summed E-state index contributed by atoms with van der Waals surface area (Å²) in [6.07, 6.45) is 0.525. The minimum absolute atomic E-state index is 0.0130. The molecule has 1 aliphatic rings. The van der Waals surface area contributed by atoms with Gasteiger partial charge in [-0.3, -0.25) is 4.79 Å². The molecule has 0 saturated carbocycles. The summed E-state index contributed by atoms with van der Waals surface area (Å²) in [5.74, 6) is 0.0130. The molecule has 82 valence electrons. The SMILES string of the molecule is CC(O)CCC(=O)NCC1(C)COC1. The molecule has 0 aromatic heterocycles. The standard InChI is InChI=1S/C10H19NO3/c1-8(12)3-4-9(13)11-5-10(2)6-14-7-10/h8,12H,3-7H2,1-2H3,(H,11,13). The van der Waals surface area contributed by atoms with Crippen molar-refractivity contribution >= 4 is 5.91 Å². The zero-order chi connectivity index (χ0) is 10.6. The number of amides is 1. The Bertz CT molecular complexity index is 200. The van der Waals surface area contributed by atoms with Gasteiger partial charge in [0.05, 0.1) is 19.3 Å². The maximum Gasteiger partial charge on any atom is 0.220 e. The summed E-state index contributed by atoms with van der Waals surface area (Å²) in [7, 11) is 0. The van der Waals surface area contributed by atoms with Gasteiger partial charge < -0.3 is 15.2 Å². The molecule has 4 nitrogen and oxygen atoms in total. The van der Waals surface area contributed by atoms with Gasteiger partial charge in [0.1, 0.15) is 0 Å². The van der Waals surface area contributed by atoms with Crippen LogP contribution in [0.2, 0.25) is 0 Å². The Morgan fingerprint density at radius 2 is 2.29 bits per heavy atom. The molecule has 0 spiro atoms. The van der Waals surface area contributed by atoms with Gasteiger partial charge >= 0.3 is 0 Å². The van der Waals surface area contributed by atoms with E-state index < -0.39 is 6.10 Å². The van der Waals surface area contributed by atoms with Crippen LogP contribution in [-0.4, -0.2) is 36.9 Å². The van der Waals surface area contributed by atoms with Crippen LogP contribution in [0, 0.1) is 5.41 Å². The molecular formula is C10H19NO3. The highest BCUT2D eigenvalue weighted by Crippen LogP contribution is 2.24. The predicted octanol–water partition coefficient (Wildman–Crippen LogP) is 0.300. The highest BCUT2D eigenvalue weighted by molar-refractivity contribution is 5.75. The predicted molar refractivity (Wildman–Crippen MR) is 52.9 cm³/mol. The second kappa shape index (κ2) is 4.75. The molecule has 0 aromatic carbocycles. The van der Waals surface area contributed by atoms with Gasteiger partial charge in [0, 0.05) is 18.4 Å². The summed E-state index contributed by atoms with van der Waals surface area (Å²) in [4.78, 5) is 11.3. The summed E-state index contributed by atoms with van der Waals surface area (Å²) >= 11 is 0. The van der Waals surface area contributed by atoms with Crippen molar-refractivity contribution < 1.29 is 14.6 Å². The van der Waals surface area contributed by atoms with Gasteiger partial charge in [-0.15, -0.1) is 0 Å². The maximum atomic E-state index is 11.3. The topological polar surface area (TPSA) is 58.6 Å². The normalized spacial score (nSPS) is 21.1. The number of carbonyl (C=O) groups excluding carboxylic acids is 1. The minimum atomic E-state index is -0.400. The highest BCUT2D eigenvalue weighted by atomic mass is 16.5. The molecule has 0 radical (unpaired) electrons. The van der Waals surface area contributed by atoms with Crippen molar-refractivity contribution in [1.29, 1.82) is 0 Å². The first-order valence-corrected chi connectivity index (χ1v) is 5.04. The van der Waals surface area contributed by atoms with Crippen molar-refractivity contribution in [2.75, 3.05) is 19.8 Å². The van der Waals surface area contributed by atoms with E-state index in [1.54, 1.807) is 6.92 Å². The fraction of sp³-hybridized carbons (Fsp3) is 0.900. The number of nitrogens with one attached hydrogen (secondary N) is 1. The molecule has 4 heteroatoms. The van der Waals surface area contributed by atoms with Crippen LogP contribution in [0.15, 0.2) is 0 Å². The van der Waals surface area contributed by atoms with E-state index in [1.165, 1.54) is 0 Å². The van der Waals surface area contributed by atoms with Gasteiger partial charge in [0.25, 0.3) is 0 Å². The Morgan fingerprint density at radius 1 is 1.64 bits per heavy atom. The van der Waals surface area contributed by atoms with Crippen LogP contribution in [0.25, 0.3) is 0 Å². The molecule has 1 heterocycles. The van der Waals surface area contributed by atoms with Gasteiger partial charge in [-0.2, -0.15) is 0 Å². The number of carbonyl (C=O) groups is 1. The van der Waals surface area contributed by atoms with Crippen molar-refractivity contribution in [2.45, 2.75) is 32.8 Å². The Morgan fingerprint density at radius 3 is 2.71 bits per heavy atom. The van der Waals surface area contributed by atoms with E-state index in [4.69, 9.17) is 9.84 Å². The zero-order valence-corrected chi connectivity index (χ0v) is 8.88. The van der Waals surface area contributed by atoms with E-state index >= 15 is 0 Å². The third-order valence-electron chi connectivity index (χ3n) is 2.40. The third kappa shape index (κ3) is 3.64. The molecule has 0 aromatic rings. The number of aliphatic hydroxyl groups excluding tert-OH is 1. The number of rotatable bonds is 5. The van der Waals surface area contributed by atoms with Gasteiger partial charge in [-0.1, -0.05) is 6.92 Å². The van der Waals surface area contributed by atoms with Gasteiger partial charge in [0.15, 0.2) is 0 Å². The van der Waals surface area contributed by atoms with Crippen molar-refractivity contribution in [3.63, 3.8) is 0 Å². The second-order valence-corrected chi connectivity index (χ2v) is 4.47. The van der Waals surface area contributed by atoms with E-state index in [0.717, 1.165) is 13.2 Å². The molecule has 1 rings (SSSR count). The molecule has 1 aliphatic heterocycles. The van der Waals surface area contributed by atoms with Crippen LogP contribution in [0.4, 0.5) is 0 Å². The molecule has 1 fully saturated rings. The van der Waals surface area contributed by atoms with Crippen molar-refractivity contribution in [3.8, 4) is 0 Å². The van der Waals surface area contributed by atoms with Crippen molar-refractivity contribution in [1.82, 2.24) is 5.32 Å². The lowest BCUT2D eigenvalue weighted by Gasteiger charge is -2.38. The van der Waals surface area contributed by atoms with E-state index in [9.17, 15) is 4.79 Å². The van der Waals surface area contributed by atoms with Crippen LogP contribution >= 0.6 is 0 Å². The van der Waals surface area contributed by atoms with Gasteiger partial charge in [-0.25, -0.2) is 0 Å². The quantitative estimate of drug-likeness (QED) is 0.672. The molecule has 14 heavy (non-hydrogen) atoms. The lowest BCUT2D eigenvalue weighted by atomic mass is 9.89. The zero-order valence-electron chi connectivity index (χ0n) is 8.88. The second-order valence-electron chi connectivity index (χ2n) is 4.47. The lowest BCUT2D eigenvalue weighted by molar-refractivity contribution is -0.127. The minimum Gasteiger partial charge on any atom is -0.393 e. The summed E-state index contributed by atoms with van der Waals surface area (Å²) < 4.78 is 5.08. The summed E-state index contributed by atoms with van der Waals surface area (Å²) in [5, 5.41) is 11.8.